The molecule has 26 heavy (non-hydrogen) atoms. The molecule has 4 heteroatoms. The van der Waals surface area contributed by atoms with E-state index in [-0.39, 0.29) is 5.91 Å². The minimum absolute atomic E-state index is 0.0733. The minimum Gasteiger partial charge on any atom is -0.493 e. The lowest BCUT2D eigenvalue weighted by Crippen LogP contribution is -2.31. The van der Waals surface area contributed by atoms with Gasteiger partial charge < -0.3 is 14.4 Å². The van der Waals surface area contributed by atoms with Crippen LogP contribution in [0.15, 0.2) is 66.7 Å². The van der Waals surface area contributed by atoms with Gasteiger partial charge in [0.1, 0.15) is 18.1 Å². The summed E-state index contributed by atoms with van der Waals surface area (Å²) >= 11 is 0. The van der Waals surface area contributed by atoms with Gasteiger partial charge in [-0.1, -0.05) is 42.5 Å². The molecule has 0 aliphatic carbocycles. The van der Waals surface area contributed by atoms with Gasteiger partial charge in [-0.2, -0.15) is 0 Å². The molecule has 0 aromatic heterocycles. The Morgan fingerprint density at radius 3 is 2.27 bits per heavy atom. The topological polar surface area (TPSA) is 38.8 Å². The Kier molecular flexibility index (Phi) is 5.74. The number of rotatable bonds is 7. The summed E-state index contributed by atoms with van der Waals surface area (Å²) in [4.78, 5) is 14.6. The second-order valence-electron chi connectivity index (χ2n) is 6.02. The van der Waals surface area contributed by atoms with Crippen LogP contribution in [-0.2, 0) is 0 Å². The van der Waals surface area contributed by atoms with Crippen LogP contribution in [0.4, 0.5) is 0 Å². The highest BCUT2D eigenvalue weighted by Crippen LogP contribution is 2.27. The lowest BCUT2D eigenvalue weighted by atomic mass is 10.0. The zero-order chi connectivity index (χ0) is 18.4. The van der Waals surface area contributed by atoms with Crippen molar-refractivity contribution in [2.24, 2.45) is 0 Å². The van der Waals surface area contributed by atoms with Crippen LogP contribution in [0.25, 0.3) is 10.8 Å². The summed E-state index contributed by atoms with van der Waals surface area (Å²) in [5.41, 5.74) is 0.577. The number of hydrogen-bond donors (Lipinski definition) is 0. The average molecular weight is 349 g/mol. The summed E-state index contributed by atoms with van der Waals surface area (Å²) in [7, 11) is 1.78. The van der Waals surface area contributed by atoms with Crippen molar-refractivity contribution in [2.75, 3.05) is 26.8 Å². The molecule has 0 N–H and O–H groups in total. The molecule has 4 nitrogen and oxygen atoms in total. The van der Waals surface area contributed by atoms with Gasteiger partial charge in [0.05, 0.1) is 18.7 Å². The van der Waals surface area contributed by atoms with E-state index in [1.54, 1.807) is 11.9 Å². The molecular weight excluding hydrogens is 326 g/mol. The Morgan fingerprint density at radius 1 is 0.923 bits per heavy atom. The molecule has 3 aromatic rings. The Bertz CT molecular complexity index is 877. The van der Waals surface area contributed by atoms with Gasteiger partial charge in [0.15, 0.2) is 0 Å². The fraction of sp³-hybridized carbons (Fsp3) is 0.227. The molecule has 134 valence electrons. The van der Waals surface area contributed by atoms with Crippen LogP contribution in [-0.4, -0.2) is 37.6 Å². The number of carbonyl (C=O) groups excluding carboxylic acids is 1. The van der Waals surface area contributed by atoms with Gasteiger partial charge in [0, 0.05) is 7.05 Å². The molecule has 0 saturated carbocycles. The number of fused-ring (bicyclic) bond motifs is 1. The Labute approximate surface area is 154 Å². The third kappa shape index (κ3) is 4.14. The van der Waals surface area contributed by atoms with Crippen molar-refractivity contribution in [3.05, 3.63) is 72.3 Å². The first-order valence-electron chi connectivity index (χ1n) is 8.78. The van der Waals surface area contributed by atoms with Crippen molar-refractivity contribution in [3.8, 4) is 11.5 Å². The number of likely N-dealkylation sites (N-methyl/N-ethyl adjacent to an activating group) is 1. The largest absolute Gasteiger partial charge is 0.493 e. The highest BCUT2D eigenvalue weighted by atomic mass is 16.5. The molecule has 3 aromatic carbocycles. The first kappa shape index (κ1) is 17.8. The second kappa shape index (κ2) is 8.39. The maximum Gasteiger partial charge on any atom is 0.257 e. The van der Waals surface area contributed by atoms with Crippen molar-refractivity contribution < 1.29 is 14.3 Å². The van der Waals surface area contributed by atoms with Crippen LogP contribution in [0.1, 0.15) is 17.3 Å². The smallest absolute Gasteiger partial charge is 0.257 e. The monoisotopic (exact) mass is 349 g/mol. The van der Waals surface area contributed by atoms with Gasteiger partial charge in [0.2, 0.25) is 0 Å². The molecule has 3 rings (SSSR count). The average Bonchev–Trinajstić information content (AvgIpc) is 2.68. The van der Waals surface area contributed by atoms with E-state index in [1.165, 1.54) is 0 Å². The van der Waals surface area contributed by atoms with E-state index in [0.717, 1.165) is 16.5 Å². The number of nitrogens with zero attached hydrogens (tertiary/aromatic N) is 1. The Hall–Kier alpha value is -3.01. The maximum atomic E-state index is 12.9. The van der Waals surface area contributed by atoms with E-state index >= 15 is 0 Å². The molecule has 0 unspecified atom stereocenters. The molecule has 0 radical (unpaired) electrons. The van der Waals surface area contributed by atoms with Crippen molar-refractivity contribution in [3.63, 3.8) is 0 Å². The molecule has 0 aliphatic rings. The van der Waals surface area contributed by atoms with Crippen LogP contribution in [0.5, 0.6) is 11.5 Å². The number of ether oxygens (including phenoxy) is 2. The first-order chi connectivity index (χ1) is 12.7. The summed E-state index contributed by atoms with van der Waals surface area (Å²) < 4.78 is 11.4. The lowest BCUT2D eigenvalue weighted by molar-refractivity contribution is 0.0770. The standard InChI is InChI=1S/C22H23NO3/c1-3-25-21-16-18-10-8-7-9-17(18)15-20(21)22(24)23(2)13-14-26-19-11-5-4-6-12-19/h4-12,15-16H,3,13-14H2,1-2H3. The summed E-state index contributed by atoms with van der Waals surface area (Å²) in [6, 6.07) is 21.4. The van der Waals surface area contributed by atoms with Crippen molar-refractivity contribution in [1.29, 1.82) is 0 Å². The van der Waals surface area contributed by atoms with Crippen molar-refractivity contribution >= 4 is 16.7 Å². The fourth-order valence-electron chi connectivity index (χ4n) is 2.79. The van der Waals surface area contributed by atoms with Gasteiger partial charge in [0.25, 0.3) is 5.91 Å². The highest BCUT2D eigenvalue weighted by Gasteiger charge is 2.18. The van der Waals surface area contributed by atoms with E-state index in [0.29, 0.717) is 31.1 Å². The van der Waals surface area contributed by atoms with E-state index in [2.05, 4.69) is 0 Å². The molecule has 0 bridgehead atoms. The molecule has 0 atom stereocenters. The molecule has 0 spiro atoms. The molecule has 0 saturated heterocycles. The predicted octanol–water partition coefficient (Wildman–Crippen LogP) is 4.39. The maximum absolute atomic E-state index is 12.9. The number of para-hydroxylation sites is 1. The van der Waals surface area contributed by atoms with E-state index in [4.69, 9.17) is 9.47 Å². The van der Waals surface area contributed by atoms with Crippen molar-refractivity contribution in [1.82, 2.24) is 4.90 Å². The van der Waals surface area contributed by atoms with E-state index in [1.807, 2.05) is 73.7 Å². The van der Waals surface area contributed by atoms with Crippen LogP contribution in [0.2, 0.25) is 0 Å². The molecule has 0 fully saturated rings. The Morgan fingerprint density at radius 2 is 1.58 bits per heavy atom. The number of carbonyl (C=O) groups is 1. The zero-order valence-corrected chi connectivity index (χ0v) is 15.1. The van der Waals surface area contributed by atoms with Crippen LogP contribution >= 0.6 is 0 Å². The summed E-state index contributed by atoms with van der Waals surface area (Å²) in [5.74, 6) is 1.34. The van der Waals surface area contributed by atoms with Gasteiger partial charge in [-0.25, -0.2) is 0 Å². The fourth-order valence-corrected chi connectivity index (χ4v) is 2.79. The third-order valence-electron chi connectivity index (χ3n) is 4.16. The number of hydrogen-bond acceptors (Lipinski definition) is 3. The van der Waals surface area contributed by atoms with Crippen LogP contribution < -0.4 is 9.47 Å². The SMILES string of the molecule is CCOc1cc2ccccc2cc1C(=O)N(C)CCOc1ccccc1. The van der Waals surface area contributed by atoms with Gasteiger partial charge in [-0.15, -0.1) is 0 Å². The van der Waals surface area contributed by atoms with Crippen LogP contribution in [0, 0.1) is 0 Å². The van der Waals surface area contributed by atoms with Crippen molar-refractivity contribution in [2.45, 2.75) is 6.92 Å². The molecule has 1 amide bonds. The minimum atomic E-state index is -0.0733. The third-order valence-corrected chi connectivity index (χ3v) is 4.16. The molecule has 0 heterocycles. The number of benzene rings is 3. The summed E-state index contributed by atoms with van der Waals surface area (Å²) in [6.07, 6.45) is 0. The summed E-state index contributed by atoms with van der Waals surface area (Å²) in [5, 5.41) is 2.08. The van der Waals surface area contributed by atoms with E-state index in [9.17, 15) is 4.79 Å². The lowest BCUT2D eigenvalue weighted by Gasteiger charge is -2.20. The van der Waals surface area contributed by atoms with Gasteiger partial charge in [-0.05, 0) is 42.0 Å². The Balaban J connectivity index is 1.73. The van der Waals surface area contributed by atoms with Gasteiger partial charge in [-0.3, -0.25) is 4.79 Å². The zero-order valence-electron chi connectivity index (χ0n) is 15.1. The first-order valence-corrected chi connectivity index (χ1v) is 8.78. The quantitative estimate of drug-likeness (QED) is 0.635. The normalized spacial score (nSPS) is 10.5. The molecular formula is C22H23NO3. The summed E-state index contributed by atoms with van der Waals surface area (Å²) in [6.45, 7) is 3.36. The molecule has 0 aliphatic heterocycles. The van der Waals surface area contributed by atoms with Crippen LogP contribution in [0.3, 0.4) is 0 Å². The van der Waals surface area contributed by atoms with Gasteiger partial charge >= 0.3 is 0 Å². The number of amides is 1. The van der Waals surface area contributed by atoms with E-state index < -0.39 is 0 Å². The highest BCUT2D eigenvalue weighted by molar-refractivity contribution is 6.01. The predicted molar refractivity (Wildman–Crippen MR) is 104 cm³/mol. The second-order valence-corrected chi connectivity index (χ2v) is 6.02.